The SMILES string of the molecule is O=C(C1CCCCN1C(=O)c1ccc(-c2ccc3c(c2)OCCO3)s1)N1CCCC1. The molecule has 4 heterocycles. The van der Waals surface area contributed by atoms with Gasteiger partial charge in [-0.15, -0.1) is 11.3 Å². The smallest absolute Gasteiger partial charge is 0.264 e. The number of thiophene rings is 1. The molecule has 1 atom stereocenters. The van der Waals surface area contributed by atoms with Crippen LogP contribution < -0.4 is 9.47 Å². The lowest BCUT2D eigenvalue weighted by molar-refractivity contribution is -0.136. The van der Waals surface area contributed by atoms with Crippen molar-refractivity contribution < 1.29 is 19.1 Å². The van der Waals surface area contributed by atoms with Gasteiger partial charge in [-0.05, 0) is 68.0 Å². The molecule has 1 aromatic heterocycles. The number of fused-ring (bicyclic) bond motifs is 1. The van der Waals surface area contributed by atoms with Gasteiger partial charge in [-0.25, -0.2) is 0 Å². The van der Waals surface area contributed by atoms with Crippen molar-refractivity contribution in [1.29, 1.82) is 0 Å². The highest BCUT2D eigenvalue weighted by Gasteiger charge is 2.36. The molecule has 30 heavy (non-hydrogen) atoms. The molecule has 5 rings (SSSR count). The first kappa shape index (κ1) is 19.4. The fourth-order valence-electron chi connectivity index (χ4n) is 4.53. The van der Waals surface area contributed by atoms with E-state index in [1.165, 1.54) is 11.3 Å². The minimum atomic E-state index is -0.316. The molecular weight excluding hydrogens is 400 g/mol. The number of rotatable bonds is 3. The average molecular weight is 427 g/mol. The van der Waals surface area contributed by atoms with Crippen LogP contribution in [0, 0.1) is 0 Å². The maximum atomic E-state index is 13.3. The zero-order valence-electron chi connectivity index (χ0n) is 17.0. The minimum Gasteiger partial charge on any atom is -0.486 e. The van der Waals surface area contributed by atoms with Gasteiger partial charge in [-0.3, -0.25) is 9.59 Å². The highest BCUT2D eigenvalue weighted by Crippen LogP contribution is 2.37. The standard InChI is InChI=1S/C23H26N2O4S/c26-22(24-10-3-4-11-24)17-5-1-2-12-25(17)23(27)21-9-8-20(30-21)16-6-7-18-19(15-16)29-14-13-28-18/h6-9,15,17H,1-5,10-14H2. The predicted octanol–water partition coefficient (Wildman–Crippen LogP) is 3.80. The van der Waals surface area contributed by atoms with Crippen LogP contribution in [0.15, 0.2) is 30.3 Å². The molecule has 1 unspecified atom stereocenters. The van der Waals surface area contributed by atoms with E-state index in [2.05, 4.69) is 0 Å². The Balaban J connectivity index is 1.35. The Morgan fingerprint density at radius 2 is 1.67 bits per heavy atom. The molecule has 2 amide bonds. The Kier molecular flexibility index (Phi) is 5.37. The molecule has 158 valence electrons. The molecule has 0 N–H and O–H groups in total. The van der Waals surface area contributed by atoms with Gasteiger partial charge in [0.1, 0.15) is 19.3 Å². The number of carbonyl (C=O) groups is 2. The van der Waals surface area contributed by atoms with Gasteiger partial charge in [0.15, 0.2) is 11.5 Å². The number of carbonyl (C=O) groups excluding carboxylic acids is 2. The predicted molar refractivity (Wildman–Crippen MR) is 115 cm³/mol. The maximum absolute atomic E-state index is 13.3. The second kappa shape index (κ2) is 8.30. The molecule has 2 fully saturated rings. The normalized spacial score (nSPS) is 21.0. The van der Waals surface area contributed by atoms with E-state index in [0.717, 1.165) is 67.1 Å². The first-order valence-corrected chi connectivity index (χ1v) is 11.6. The Labute approximate surface area is 180 Å². The van der Waals surface area contributed by atoms with Gasteiger partial charge < -0.3 is 19.3 Å². The van der Waals surface area contributed by atoms with E-state index >= 15 is 0 Å². The van der Waals surface area contributed by atoms with Crippen LogP contribution in [0.1, 0.15) is 41.8 Å². The Morgan fingerprint density at radius 3 is 2.50 bits per heavy atom. The summed E-state index contributed by atoms with van der Waals surface area (Å²) in [6, 6.07) is 9.42. The fraction of sp³-hybridized carbons (Fsp3) is 0.478. The summed E-state index contributed by atoms with van der Waals surface area (Å²) < 4.78 is 11.3. The molecule has 0 radical (unpaired) electrons. The number of amides is 2. The Bertz CT molecular complexity index is 950. The molecule has 1 aromatic carbocycles. The molecule has 0 saturated carbocycles. The van der Waals surface area contributed by atoms with E-state index in [1.54, 1.807) is 0 Å². The summed E-state index contributed by atoms with van der Waals surface area (Å²) in [4.78, 5) is 31.8. The van der Waals surface area contributed by atoms with E-state index in [4.69, 9.17) is 9.47 Å². The third-order valence-electron chi connectivity index (χ3n) is 6.11. The molecule has 0 spiro atoms. The zero-order valence-corrected chi connectivity index (χ0v) is 17.8. The monoisotopic (exact) mass is 426 g/mol. The molecule has 0 bridgehead atoms. The number of ether oxygens (including phenoxy) is 2. The molecule has 0 aliphatic carbocycles. The number of likely N-dealkylation sites (tertiary alicyclic amines) is 2. The van der Waals surface area contributed by atoms with Crippen LogP contribution >= 0.6 is 11.3 Å². The summed E-state index contributed by atoms with van der Waals surface area (Å²) in [5, 5.41) is 0. The van der Waals surface area contributed by atoms with Crippen molar-refractivity contribution in [2.24, 2.45) is 0 Å². The van der Waals surface area contributed by atoms with Crippen LogP contribution in [0.2, 0.25) is 0 Å². The number of hydrogen-bond acceptors (Lipinski definition) is 5. The summed E-state index contributed by atoms with van der Waals surface area (Å²) in [6.07, 6.45) is 4.85. The van der Waals surface area contributed by atoms with E-state index in [1.807, 2.05) is 40.1 Å². The van der Waals surface area contributed by atoms with Gasteiger partial charge >= 0.3 is 0 Å². The molecule has 2 saturated heterocycles. The summed E-state index contributed by atoms with van der Waals surface area (Å²) >= 11 is 1.47. The molecule has 2 aromatic rings. The molecule has 7 heteroatoms. The van der Waals surface area contributed by atoms with Gasteiger partial charge in [0.2, 0.25) is 5.91 Å². The van der Waals surface area contributed by atoms with E-state index in [-0.39, 0.29) is 17.9 Å². The highest BCUT2D eigenvalue weighted by molar-refractivity contribution is 7.17. The van der Waals surface area contributed by atoms with Crippen molar-refractivity contribution >= 4 is 23.2 Å². The van der Waals surface area contributed by atoms with Gasteiger partial charge in [0, 0.05) is 24.5 Å². The fourth-order valence-corrected chi connectivity index (χ4v) is 5.48. The van der Waals surface area contributed by atoms with E-state index < -0.39 is 0 Å². The lowest BCUT2D eigenvalue weighted by atomic mass is 10.0. The summed E-state index contributed by atoms with van der Waals surface area (Å²) in [5.74, 6) is 1.60. The number of benzene rings is 1. The molecule has 3 aliphatic rings. The second-order valence-corrected chi connectivity index (χ2v) is 9.15. The van der Waals surface area contributed by atoms with Crippen LogP contribution in [-0.4, -0.2) is 60.5 Å². The minimum absolute atomic E-state index is 0.0268. The van der Waals surface area contributed by atoms with Crippen LogP contribution in [0.25, 0.3) is 10.4 Å². The third kappa shape index (κ3) is 3.67. The Hall–Kier alpha value is -2.54. The second-order valence-electron chi connectivity index (χ2n) is 8.06. The van der Waals surface area contributed by atoms with E-state index in [9.17, 15) is 9.59 Å². The molecular formula is C23H26N2O4S. The topological polar surface area (TPSA) is 59.1 Å². The van der Waals surface area contributed by atoms with Gasteiger partial charge in [-0.1, -0.05) is 0 Å². The first-order valence-electron chi connectivity index (χ1n) is 10.8. The van der Waals surface area contributed by atoms with Gasteiger partial charge in [0.25, 0.3) is 5.91 Å². The van der Waals surface area contributed by atoms with Crippen molar-refractivity contribution in [1.82, 2.24) is 9.80 Å². The lowest BCUT2D eigenvalue weighted by Gasteiger charge is -2.36. The highest BCUT2D eigenvalue weighted by atomic mass is 32.1. The third-order valence-corrected chi connectivity index (χ3v) is 7.23. The number of piperidine rings is 1. The van der Waals surface area contributed by atoms with Gasteiger partial charge in [-0.2, -0.15) is 0 Å². The Morgan fingerprint density at radius 1 is 0.900 bits per heavy atom. The van der Waals surface area contributed by atoms with Crippen LogP contribution in [0.4, 0.5) is 0 Å². The van der Waals surface area contributed by atoms with Crippen molar-refractivity contribution in [3.63, 3.8) is 0 Å². The summed E-state index contributed by atoms with van der Waals surface area (Å²) in [6.45, 7) is 3.42. The largest absolute Gasteiger partial charge is 0.486 e. The molecule has 3 aliphatic heterocycles. The average Bonchev–Trinajstić information content (AvgIpc) is 3.50. The summed E-state index contributed by atoms with van der Waals surface area (Å²) in [7, 11) is 0. The van der Waals surface area contributed by atoms with Crippen molar-refractivity contribution in [2.75, 3.05) is 32.8 Å². The van der Waals surface area contributed by atoms with E-state index in [0.29, 0.717) is 24.6 Å². The van der Waals surface area contributed by atoms with Crippen LogP contribution in [0.5, 0.6) is 11.5 Å². The lowest BCUT2D eigenvalue weighted by Crippen LogP contribution is -2.52. The van der Waals surface area contributed by atoms with Crippen molar-refractivity contribution in [3.05, 3.63) is 35.2 Å². The van der Waals surface area contributed by atoms with Crippen LogP contribution in [0.3, 0.4) is 0 Å². The zero-order chi connectivity index (χ0) is 20.5. The number of nitrogens with zero attached hydrogens (tertiary/aromatic N) is 2. The quantitative estimate of drug-likeness (QED) is 0.749. The maximum Gasteiger partial charge on any atom is 0.264 e. The summed E-state index contributed by atoms with van der Waals surface area (Å²) in [5.41, 5.74) is 1.01. The van der Waals surface area contributed by atoms with Crippen LogP contribution in [-0.2, 0) is 4.79 Å². The number of hydrogen-bond donors (Lipinski definition) is 0. The van der Waals surface area contributed by atoms with Crippen molar-refractivity contribution in [3.8, 4) is 21.9 Å². The van der Waals surface area contributed by atoms with Crippen molar-refractivity contribution in [2.45, 2.75) is 38.1 Å². The van der Waals surface area contributed by atoms with Gasteiger partial charge in [0.05, 0.1) is 4.88 Å². The first-order chi connectivity index (χ1) is 14.7. The molecule has 6 nitrogen and oxygen atoms in total.